The molecule has 3 rings (SSSR count). The van der Waals surface area contributed by atoms with E-state index >= 15 is 0 Å². The monoisotopic (exact) mass is 251 g/mol. The van der Waals surface area contributed by atoms with Crippen LogP contribution < -0.4 is 10.1 Å². The van der Waals surface area contributed by atoms with Crippen LogP contribution in [0.15, 0.2) is 12.1 Å². The molecule has 1 aromatic rings. The van der Waals surface area contributed by atoms with E-state index in [1.165, 1.54) is 17.5 Å². The smallest absolute Gasteiger partial charge is 0.125 e. The number of hydrogen-bond donors (Lipinski definition) is 1. The van der Waals surface area contributed by atoms with Gasteiger partial charge in [0, 0.05) is 24.5 Å². The Hall–Kier alpha value is -0.730. The number of ether oxygens (including phenoxy) is 1. The number of hydrogen-bond acceptors (Lipinski definition) is 2. The molecule has 0 spiro atoms. The Bertz CT molecular complexity index is 435. The first kappa shape index (κ1) is 11.4. The van der Waals surface area contributed by atoms with E-state index in [-0.39, 0.29) is 0 Å². The van der Waals surface area contributed by atoms with Gasteiger partial charge in [0.2, 0.25) is 0 Å². The fraction of sp³-hybridized carbons (Fsp3) is 0.571. The third-order valence-corrected chi connectivity index (χ3v) is 4.36. The quantitative estimate of drug-likeness (QED) is 0.892. The van der Waals surface area contributed by atoms with E-state index in [9.17, 15) is 0 Å². The maximum atomic E-state index is 6.19. The van der Waals surface area contributed by atoms with Crippen LogP contribution in [0.25, 0.3) is 0 Å². The fourth-order valence-corrected chi connectivity index (χ4v) is 3.12. The van der Waals surface area contributed by atoms with Crippen LogP contribution in [-0.4, -0.2) is 19.7 Å². The molecule has 2 heterocycles. The van der Waals surface area contributed by atoms with E-state index in [2.05, 4.69) is 18.3 Å². The second-order valence-electron chi connectivity index (χ2n) is 5.29. The van der Waals surface area contributed by atoms with Crippen molar-refractivity contribution in [1.82, 2.24) is 5.32 Å². The van der Waals surface area contributed by atoms with E-state index < -0.39 is 0 Å². The van der Waals surface area contributed by atoms with Crippen LogP contribution in [0, 0.1) is 5.41 Å². The second-order valence-corrected chi connectivity index (χ2v) is 5.72. The normalized spacial score (nSPS) is 20.6. The van der Waals surface area contributed by atoms with Crippen LogP contribution >= 0.6 is 11.6 Å². The van der Waals surface area contributed by atoms with Crippen molar-refractivity contribution >= 4 is 11.6 Å². The molecular weight excluding hydrogens is 234 g/mol. The molecule has 1 N–H and O–H groups in total. The summed E-state index contributed by atoms with van der Waals surface area (Å²) in [6.07, 6.45) is 3.29. The van der Waals surface area contributed by atoms with E-state index in [4.69, 9.17) is 16.3 Å². The molecule has 0 amide bonds. The lowest BCUT2D eigenvalue weighted by Crippen LogP contribution is -2.54. The molecule has 0 unspecified atom stereocenters. The minimum absolute atomic E-state index is 0.421. The number of fused-ring (bicyclic) bond motifs is 1. The first-order chi connectivity index (χ1) is 8.22. The Labute approximate surface area is 107 Å². The van der Waals surface area contributed by atoms with Gasteiger partial charge in [0.05, 0.1) is 6.61 Å². The highest BCUT2D eigenvalue weighted by Crippen LogP contribution is 2.39. The van der Waals surface area contributed by atoms with Gasteiger partial charge in [0.1, 0.15) is 5.75 Å². The van der Waals surface area contributed by atoms with Gasteiger partial charge in [-0.25, -0.2) is 0 Å². The minimum Gasteiger partial charge on any atom is -0.493 e. The highest BCUT2D eigenvalue weighted by atomic mass is 35.5. The summed E-state index contributed by atoms with van der Waals surface area (Å²) in [7, 11) is 0. The summed E-state index contributed by atoms with van der Waals surface area (Å²) in [5.41, 5.74) is 3.00. The van der Waals surface area contributed by atoms with Crippen molar-refractivity contribution in [2.75, 3.05) is 19.7 Å². The minimum atomic E-state index is 0.421. The van der Waals surface area contributed by atoms with Gasteiger partial charge >= 0.3 is 0 Å². The topological polar surface area (TPSA) is 21.3 Å². The molecule has 1 fully saturated rings. The van der Waals surface area contributed by atoms with Crippen molar-refractivity contribution in [2.45, 2.75) is 26.2 Å². The summed E-state index contributed by atoms with van der Waals surface area (Å²) in [6, 6.07) is 4.13. The molecular formula is C14H18ClNO. The summed E-state index contributed by atoms with van der Waals surface area (Å²) in [5.74, 6) is 1.11. The second kappa shape index (κ2) is 4.18. The highest BCUT2D eigenvalue weighted by molar-refractivity contribution is 6.30. The van der Waals surface area contributed by atoms with Crippen LogP contribution in [0.2, 0.25) is 5.02 Å². The molecule has 3 heteroatoms. The zero-order chi connectivity index (χ0) is 11.9. The van der Waals surface area contributed by atoms with Gasteiger partial charge in [0.15, 0.2) is 0 Å². The average Bonchev–Trinajstić information content (AvgIpc) is 2.71. The molecule has 2 aliphatic rings. The van der Waals surface area contributed by atoms with Gasteiger partial charge in [-0.05, 0) is 41.5 Å². The van der Waals surface area contributed by atoms with Crippen molar-refractivity contribution in [3.05, 3.63) is 28.3 Å². The van der Waals surface area contributed by atoms with Crippen molar-refractivity contribution < 1.29 is 4.74 Å². The van der Waals surface area contributed by atoms with Crippen molar-refractivity contribution in [3.8, 4) is 5.75 Å². The van der Waals surface area contributed by atoms with Crippen LogP contribution in [-0.2, 0) is 12.8 Å². The van der Waals surface area contributed by atoms with E-state index in [1.54, 1.807) is 0 Å². The standard InChI is InChI=1S/C14H18ClNO/c1-2-14(8-16-9-14)7-11-6-12(15)5-10-3-4-17-13(10)11/h5-6,16H,2-4,7-9H2,1H3. The predicted octanol–water partition coefficient (Wildman–Crippen LogP) is 2.82. The zero-order valence-corrected chi connectivity index (χ0v) is 10.9. The van der Waals surface area contributed by atoms with Gasteiger partial charge in [-0.2, -0.15) is 0 Å². The molecule has 1 saturated heterocycles. The van der Waals surface area contributed by atoms with Crippen LogP contribution in [0.5, 0.6) is 5.75 Å². The summed E-state index contributed by atoms with van der Waals surface area (Å²) >= 11 is 6.19. The summed E-state index contributed by atoms with van der Waals surface area (Å²) in [5, 5.41) is 4.23. The van der Waals surface area contributed by atoms with Crippen LogP contribution in [0.4, 0.5) is 0 Å². The third-order valence-electron chi connectivity index (χ3n) is 4.14. The number of benzene rings is 1. The molecule has 2 aliphatic heterocycles. The Morgan fingerprint density at radius 3 is 2.88 bits per heavy atom. The third kappa shape index (κ3) is 1.94. The van der Waals surface area contributed by atoms with E-state index in [1.807, 2.05) is 6.07 Å². The van der Waals surface area contributed by atoms with E-state index in [0.717, 1.165) is 43.3 Å². The Balaban J connectivity index is 1.92. The number of nitrogens with one attached hydrogen (secondary N) is 1. The van der Waals surface area contributed by atoms with Gasteiger partial charge in [0.25, 0.3) is 0 Å². The molecule has 0 aromatic heterocycles. The SMILES string of the molecule is CCC1(Cc2cc(Cl)cc3c2OCC3)CNC1. The largest absolute Gasteiger partial charge is 0.493 e. The summed E-state index contributed by atoms with van der Waals surface area (Å²) in [4.78, 5) is 0. The Morgan fingerprint density at radius 2 is 2.24 bits per heavy atom. The summed E-state index contributed by atoms with van der Waals surface area (Å²) < 4.78 is 5.76. The van der Waals surface area contributed by atoms with Crippen molar-refractivity contribution in [1.29, 1.82) is 0 Å². The fourth-order valence-electron chi connectivity index (χ4n) is 2.86. The molecule has 1 aromatic carbocycles. The zero-order valence-electron chi connectivity index (χ0n) is 10.2. The average molecular weight is 252 g/mol. The number of rotatable bonds is 3. The number of halogens is 1. The van der Waals surface area contributed by atoms with Crippen molar-refractivity contribution in [3.63, 3.8) is 0 Å². The lowest BCUT2D eigenvalue weighted by molar-refractivity contribution is 0.158. The van der Waals surface area contributed by atoms with Gasteiger partial charge < -0.3 is 10.1 Å². The Kier molecular flexibility index (Phi) is 2.80. The molecule has 0 saturated carbocycles. The molecule has 0 aliphatic carbocycles. The van der Waals surface area contributed by atoms with E-state index in [0.29, 0.717) is 5.41 Å². The molecule has 0 radical (unpaired) electrons. The van der Waals surface area contributed by atoms with Gasteiger partial charge in [-0.3, -0.25) is 0 Å². The van der Waals surface area contributed by atoms with Gasteiger partial charge in [-0.1, -0.05) is 18.5 Å². The maximum Gasteiger partial charge on any atom is 0.125 e. The van der Waals surface area contributed by atoms with Gasteiger partial charge in [-0.15, -0.1) is 0 Å². The molecule has 17 heavy (non-hydrogen) atoms. The summed E-state index contributed by atoms with van der Waals surface area (Å²) in [6.45, 7) is 5.31. The van der Waals surface area contributed by atoms with Crippen molar-refractivity contribution in [2.24, 2.45) is 5.41 Å². The molecule has 0 bridgehead atoms. The van der Waals surface area contributed by atoms with Crippen LogP contribution in [0.3, 0.4) is 0 Å². The maximum absolute atomic E-state index is 6.19. The molecule has 2 nitrogen and oxygen atoms in total. The lowest BCUT2D eigenvalue weighted by Gasteiger charge is -2.42. The van der Waals surface area contributed by atoms with Crippen LogP contribution in [0.1, 0.15) is 24.5 Å². The lowest BCUT2D eigenvalue weighted by atomic mass is 9.74. The molecule has 0 atom stereocenters. The first-order valence-electron chi connectivity index (χ1n) is 6.37. The highest BCUT2D eigenvalue weighted by Gasteiger charge is 2.36. The Morgan fingerprint density at radius 1 is 1.41 bits per heavy atom. The first-order valence-corrected chi connectivity index (χ1v) is 6.75. The predicted molar refractivity (Wildman–Crippen MR) is 69.9 cm³/mol. The molecule has 92 valence electrons.